The molecule has 6 aromatic rings. The third-order valence-corrected chi connectivity index (χ3v) is 6.23. The standard InChI is InChI=1S/C29H19BrN2O/c1-18-14-20(16-21(30)15-18)25-17-26(32-29(31-25)19-8-3-2-4-9-19)24-12-7-11-23-22-10-5-6-13-27(22)33-28(23)24/h2-17H,1H3. The number of hydrogen-bond acceptors (Lipinski definition) is 3. The third kappa shape index (κ3) is 3.62. The highest BCUT2D eigenvalue weighted by molar-refractivity contribution is 9.10. The first kappa shape index (κ1) is 19.9. The molecule has 0 bridgehead atoms. The van der Waals surface area contributed by atoms with E-state index in [1.54, 1.807) is 0 Å². The number of halogens is 1. The molecule has 0 radical (unpaired) electrons. The van der Waals surface area contributed by atoms with Crippen LogP contribution in [0.1, 0.15) is 5.56 Å². The van der Waals surface area contributed by atoms with E-state index in [1.807, 2.05) is 48.5 Å². The highest BCUT2D eigenvalue weighted by Gasteiger charge is 2.16. The maximum absolute atomic E-state index is 6.30. The Kier molecular flexibility index (Phi) is 4.81. The smallest absolute Gasteiger partial charge is 0.160 e. The van der Waals surface area contributed by atoms with Gasteiger partial charge in [-0.2, -0.15) is 0 Å². The molecule has 0 saturated heterocycles. The number of benzene rings is 4. The van der Waals surface area contributed by atoms with Crippen molar-refractivity contribution in [3.63, 3.8) is 0 Å². The third-order valence-electron chi connectivity index (χ3n) is 5.78. The molecule has 4 heteroatoms. The molecule has 3 nitrogen and oxygen atoms in total. The van der Waals surface area contributed by atoms with Crippen LogP contribution < -0.4 is 0 Å². The molecular formula is C29H19BrN2O. The van der Waals surface area contributed by atoms with Crippen molar-refractivity contribution in [3.05, 3.63) is 107 Å². The molecule has 0 aliphatic heterocycles. The fourth-order valence-corrected chi connectivity index (χ4v) is 4.89. The normalized spacial score (nSPS) is 11.3. The summed E-state index contributed by atoms with van der Waals surface area (Å²) in [6, 6.07) is 32.8. The van der Waals surface area contributed by atoms with Crippen LogP contribution in [0.25, 0.3) is 55.8 Å². The quantitative estimate of drug-likeness (QED) is 0.249. The molecule has 0 aliphatic rings. The molecule has 0 aliphatic carbocycles. The Morgan fingerprint density at radius 3 is 2.27 bits per heavy atom. The number of aryl methyl sites for hydroxylation is 1. The van der Waals surface area contributed by atoms with Gasteiger partial charge in [0.2, 0.25) is 0 Å². The van der Waals surface area contributed by atoms with E-state index in [0.717, 1.165) is 54.5 Å². The van der Waals surface area contributed by atoms with Crippen molar-refractivity contribution in [3.8, 4) is 33.9 Å². The van der Waals surface area contributed by atoms with Gasteiger partial charge in [-0.15, -0.1) is 0 Å². The summed E-state index contributed by atoms with van der Waals surface area (Å²) in [5.41, 5.74) is 7.56. The van der Waals surface area contributed by atoms with Gasteiger partial charge in [-0.3, -0.25) is 0 Å². The van der Waals surface area contributed by atoms with Crippen molar-refractivity contribution in [2.45, 2.75) is 6.92 Å². The largest absolute Gasteiger partial charge is 0.455 e. The summed E-state index contributed by atoms with van der Waals surface area (Å²) in [6.45, 7) is 2.09. The average Bonchev–Trinajstić information content (AvgIpc) is 3.23. The fraction of sp³-hybridized carbons (Fsp3) is 0.0345. The first-order valence-electron chi connectivity index (χ1n) is 10.8. The van der Waals surface area contributed by atoms with Crippen molar-refractivity contribution >= 4 is 37.9 Å². The lowest BCUT2D eigenvalue weighted by Gasteiger charge is -2.10. The lowest BCUT2D eigenvalue weighted by molar-refractivity contribution is 0.670. The molecular weight excluding hydrogens is 472 g/mol. The van der Waals surface area contributed by atoms with Gasteiger partial charge in [0.15, 0.2) is 5.82 Å². The first-order valence-corrected chi connectivity index (χ1v) is 11.6. The second kappa shape index (κ2) is 7.98. The van der Waals surface area contributed by atoms with Crippen molar-refractivity contribution in [2.24, 2.45) is 0 Å². The Labute approximate surface area is 199 Å². The number of hydrogen-bond donors (Lipinski definition) is 0. The minimum Gasteiger partial charge on any atom is -0.455 e. The number of nitrogens with zero attached hydrogens (tertiary/aromatic N) is 2. The van der Waals surface area contributed by atoms with Crippen molar-refractivity contribution < 1.29 is 4.42 Å². The van der Waals surface area contributed by atoms with Gasteiger partial charge in [-0.25, -0.2) is 9.97 Å². The Morgan fingerprint density at radius 1 is 0.667 bits per heavy atom. The SMILES string of the molecule is Cc1cc(Br)cc(-c2cc(-c3cccc4c3oc3ccccc34)nc(-c3ccccc3)n2)c1. The van der Waals surface area contributed by atoms with Crippen molar-refractivity contribution in [1.29, 1.82) is 0 Å². The highest BCUT2D eigenvalue weighted by atomic mass is 79.9. The second-order valence-electron chi connectivity index (χ2n) is 8.13. The molecule has 0 N–H and O–H groups in total. The molecule has 0 unspecified atom stereocenters. The second-order valence-corrected chi connectivity index (χ2v) is 9.04. The van der Waals surface area contributed by atoms with E-state index < -0.39 is 0 Å². The maximum Gasteiger partial charge on any atom is 0.160 e. The number of aromatic nitrogens is 2. The minimum atomic E-state index is 0.689. The van der Waals surface area contributed by atoms with Crippen LogP contribution in [-0.4, -0.2) is 9.97 Å². The summed E-state index contributed by atoms with van der Waals surface area (Å²) < 4.78 is 7.33. The Bertz CT molecular complexity index is 1620. The van der Waals surface area contributed by atoms with E-state index in [9.17, 15) is 0 Å². The predicted octanol–water partition coefficient (Wildman–Crippen LogP) is 8.45. The van der Waals surface area contributed by atoms with Crippen LogP contribution in [-0.2, 0) is 0 Å². The van der Waals surface area contributed by atoms with Gasteiger partial charge in [0.1, 0.15) is 11.2 Å². The number of rotatable bonds is 3. The number of fused-ring (bicyclic) bond motifs is 3. The predicted molar refractivity (Wildman–Crippen MR) is 138 cm³/mol. The summed E-state index contributed by atoms with van der Waals surface area (Å²) in [7, 11) is 0. The zero-order valence-corrected chi connectivity index (χ0v) is 19.5. The van der Waals surface area contributed by atoms with Crippen molar-refractivity contribution in [2.75, 3.05) is 0 Å². The van der Waals surface area contributed by atoms with Gasteiger partial charge < -0.3 is 4.42 Å². The summed E-state index contributed by atoms with van der Waals surface area (Å²) >= 11 is 3.63. The Morgan fingerprint density at radius 2 is 1.42 bits per heavy atom. The molecule has 0 atom stereocenters. The molecule has 0 saturated carbocycles. The van der Waals surface area contributed by atoms with Gasteiger partial charge in [0.25, 0.3) is 0 Å². The van der Waals surface area contributed by atoms with Crippen LogP contribution in [0.5, 0.6) is 0 Å². The summed E-state index contributed by atoms with van der Waals surface area (Å²) in [5.74, 6) is 0.689. The molecule has 0 spiro atoms. The van der Waals surface area contributed by atoms with Gasteiger partial charge in [0, 0.05) is 31.9 Å². The highest BCUT2D eigenvalue weighted by Crippen LogP contribution is 2.37. The lowest BCUT2D eigenvalue weighted by Crippen LogP contribution is -1.96. The summed E-state index contributed by atoms with van der Waals surface area (Å²) in [4.78, 5) is 9.92. The Balaban J connectivity index is 1.64. The average molecular weight is 491 g/mol. The molecule has 6 rings (SSSR count). The maximum atomic E-state index is 6.30. The van der Waals surface area contributed by atoms with Gasteiger partial charge in [-0.1, -0.05) is 76.6 Å². The molecule has 0 amide bonds. The van der Waals surface area contributed by atoms with Crippen LogP contribution >= 0.6 is 15.9 Å². The molecule has 2 heterocycles. The van der Waals surface area contributed by atoms with E-state index in [-0.39, 0.29) is 0 Å². The van der Waals surface area contributed by atoms with E-state index in [4.69, 9.17) is 14.4 Å². The van der Waals surface area contributed by atoms with E-state index in [2.05, 4.69) is 71.4 Å². The molecule has 0 fully saturated rings. The molecule has 2 aromatic heterocycles. The van der Waals surface area contributed by atoms with Crippen LogP contribution in [0.3, 0.4) is 0 Å². The zero-order valence-electron chi connectivity index (χ0n) is 17.9. The van der Waals surface area contributed by atoms with E-state index >= 15 is 0 Å². The first-order chi connectivity index (χ1) is 16.2. The van der Waals surface area contributed by atoms with Gasteiger partial charge >= 0.3 is 0 Å². The monoisotopic (exact) mass is 490 g/mol. The van der Waals surface area contributed by atoms with E-state index in [0.29, 0.717) is 5.82 Å². The lowest BCUT2D eigenvalue weighted by atomic mass is 10.0. The molecule has 4 aromatic carbocycles. The molecule has 158 valence electrons. The minimum absolute atomic E-state index is 0.689. The van der Waals surface area contributed by atoms with Crippen LogP contribution in [0.4, 0.5) is 0 Å². The number of furan rings is 1. The topological polar surface area (TPSA) is 38.9 Å². The zero-order chi connectivity index (χ0) is 22.4. The number of para-hydroxylation sites is 2. The van der Waals surface area contributed by atoms with Crippen LogP contribution in [0.15, 0.2) is 106 Å². The van der Waals surface area contributed by atoms with Gasteiger partial charge in [0.05, 0.1) is 11.4 Å². The van der Waals surface area contributed by atoms with Gasteiger partial charge in [-0.05, 0) is 48.9 Å². The summed E-state index contributed by atoms with van der Waals surface area (Å²) in [6.07, 6.45) is 0. The molecule has 33 heavy (non-hydrogen) atoms. The van der Waals surface area contributed by atoms with E-state index in [1.165, 1.54) is 5.56 Å². The Hall–Kier alpha value is -3.76. The van der Waals surface area contributed by atoms with Crippen LogP contribution in [0, 0.1) is 6.92 Å². The fourth-order valence-electron chi connectivity index (χ4n) is 4.28. The summed E-state index contributed by atoms with van der Waals surface area (Å²) in [5, 5.41) is 2.19. The van der Waals surface area contributed by atoms with Crippen molar-refractivity contribution in [1.82, 2.24) is 9.97 Å². The van der Waals surface area contributed by atoms with Crippen LogP contribution in [0.2, 0.25) is 0 Å².